The van der Waals surface area contributed by atoms with Crippen LogP contribution in [0, 0.1) is 23.2 Å². The van der Waals surface area contributed by atoms with Gasteiger partial charge in [-0.1, -0.05) is 44.3 Å². The summed E-state index contributed by atoms with van der Waals surface area (Å²) in [6, 6.07) is 6.18. The second-order valence-corrected chi connectivity index (χ2v) is 5.15. The number of Topliss-reactive ketones (excluding diaryl/α,β-unsaturated/α-hetero) is 1. The third kappa shape index (κ3) is 3.88. The van der Waals surface area contributed by atoms with Gasteiger partial charge in [0.15, 0.2) is 5.78 Å². The Morgan fingerprint density at radius 3 is 2.43 bits per heavy atom. The van der Waals surface area contributed by atoms with Crippen molar-refractivity contribution in [2.45, 2.75) is 26.4 Å². The van der Waals surface area contributed by atoms with Gasteiger partial charge in [0.2, 0.25) is 0 Å². The number of halogens is 3. The highest BCUT2D eigenvalue weighted by Crippen LogP contribution is 2.33. The molecule has 0 saturated carbocycles. The van der Waals surface area contributed by atoms with Gasteiger partial charge in [0.05, 0.1) is 11.6 Å². The molecule has 1 rings (SSSR count). The number of alkyl halides is 3. The fourth-order valence-corrected chi connectivity index (χ4v) is 2.16. The first-order valence-electron chi connectivity index (χ1n) is 6.37. The molecule has 0 radical (unpaired) electrons. The Morgan fingerprint density at radius 2 is 1.95 bits per heavy atom. The minimum Gasteiger partial charge on any atom is -0.292 e. The summed E-state index contributed by atoms with van der Waals surface area (Å²) in [7, 11) is 0. The van der Waals surface area contributed by atoms with Gasteiger partial charge in [-0.25, -0.2) is 0 Å². The fraction of sp³-hybridized carbons (Fsp3) is 0.400. The molecular formula is C15H14F3NOS. The topological polar surface area (TPSA) is 40.9 Å². The summed E-state index contributed by atoms with van der Waals surface area (Å²) in [4.78, 5) is 12.5. The Hall–Kier alpha value is -1.74. The van der Waals surface area contributed by atoms with Gasteiger partial charge in [0.25, 0.3) is 0 Å². The van der Waals surface area contributed by atoms with Gasteiger partial charge < -0.3 is 0 Å². The molecule has 0 aliphatic heterocycles. The van der Waals surface area contributed by atoms with Gasteiger partial charge in [0.1, 0.15) is 5.92 Å². The first-order valence-corrected chi connectivity index (χ1v) is 6.78. The largest absolute Gasteiger partial charge is 0.417 e. The van der Waals surface area contributed by atoms with Crippen LogP contribution in [0.2, 0.25) is 0 Å². The molecule has 2 unspecified atom stereocenters. The molecule has 2 nitrogen and oxygen atoms in total. The summed E-state index contributed by atoms with van der Waals surface area (Å²) >= 11 is 5.08. The van der Waals surface area contributed by atoms with Crippen molar-refractivity contribution in [2.24, 2.45) is 11.8 Å². The molecule has 0 N–H and O–H groups in total. The van der Waals surface area contributed by atoms with Crippen molar-refractivity contribution >= 4 is 22.9 Å². The van der Waals surface area contributed by atoms with Gasteiger partial charge in [-0.15, -0.1) is 0 Å². The quantitative estimate of drug-likeness (QED) is 0.596. The molecule has 21 heavy (non-hydrogen) atoms. The van der Waals surface area contributed by atoms with E-state index in [0.717, 1.165) is 12.1 Å². The molecule has 0 bridgehead atoms. The van der Waals surface area contributed by atoms with E-state index in [4.69, 9.17) is 17.5 Å². The van der Waals surface area contributed by atoms with E-state index in [2.05, 4.69) is 0 Å². The number of carbonyl (C=O) groups excluding carboxylic acids is 1. The highest BCUT2D eigenvalue weighted by Gasteiger charge is 2.37. The summed E-state index contributed by atoms with van der Waals surface area (Å²) in [5.41, 5.74) is -1.55. The van der Waals surface area contributed by atoms with Crippen molar-refractivity contribution in [3.8, 4) is 6.07 Å². The summed E-state index contributed by atoms with van der Waals surface area (Å²) in [6.45, 7) is 3.58. The van der Waals surface area contributed by atoms with E-state index in [1.807, 2.05) is 6.92 Å². The van der Waals surface area contributed by atoms with Crippen LogP contribution in [0.25, 0.3) is 0 Å². The molecule has 0 fully saturated rings. The van der Waals surface area contributed by atoms with Crippen molar-refractivity contribution in [1.29, 1.82) is 5.26 Å². The average Bonchev–Trinajstić information content (AvgIpc) is 2.45. The van der Waals surface area contributed by atoms with Crippen LogP contribution in [0.15, 0.2) is 24.3 Å². The van der Waals surface area contributed by atoms with Crippen LogP contribution >= 0.6 is 12.2 Å². The normalized spacial score (nSPS) is 14.1. The molecule has 0 aliphatic rings. The van der Waals surface area contributed by atoms with E-state index in [-0.39, 0.29) is 10.8 Å². The molecule has 0 heterocycles. The Bertz CT molecular complexity index is 589. The summed E-state index contributed by atoms with van der Waals surface area (Å²) in [5, 5.41) is 9.13. The minimum atomic E-state index is -4.65. The second-order valence-electron chi connectivity index (χ2n) is 4.68. The zero-order chi connectivity index (χ0) is 16.2. The first-order chi connectivity index (χ1) is 9.73. The maximum atomic E-state index is 12.9. The number of hydrogen-bond donors (Lipinski definition) is 0. The maximum absolute atomic E-state index is 12.9. The van der Waals surface area contributed by atoms with Crippen molar-refractivity contribution in [2.75, 3.05) is 0 Å². The molecule has 112 valence electrons. The zero-order valence-corrected chi connectivity index (χ0v) is 12.4. The molecule has 0 aliphatic carbocycles. The van der Waals surface area contributed by atoms with Gasteiger partial charge in [0, 0.05) is 10.4 Å². The van der Waals surface area contributed by atoms with E-state index in [9.17, 15) is 18.0 Å². The third-order valence-electron chi connectivity index (χ3n) is 3.27. The van der Waals surface area contributed by atoms with Crippen LogP contribution in [0.1, 0.15) is 36.2 Å². The van der Waals surface area contributed by atoms with Crippen LogP contribution in [-0.4, -0.2) is 10.6 Å². The van der Waals surface area contributed by atoms with Crippen LogP contribution < -0.4 is 0 Å². The highest BCUT2D eigenvalue weighted by atomic mass is 32.1. The number of nitrogens with zero attached hydrogens (tertiary/aromatic N) is 1. The van der Waals surface area contributed by atoms with E-state index < -0.39 is 29.0 Å². The number of benzene rings is 1. The molecule has 0 aromatic heterocycles. The van der Waals surface area contributed by atoms with Crippen LogP contribution in [-0.2, 0) is 6.18 Å². The molecular weight excluding hydrogens is 299 g/mol. The number of carbonyl (C=O) groups is 1. The minimum absolute atomic E-state index is 0.182. The van der Waals surface area contributed by atoms with Crippen LogP contribution in [0.5, 0.6) is 0 Å². The number of nitriles is 1. The predicted octanol–water partition coefficient (Wildman–Crippen LogP) is 4.44. The lowest BCUT2D eigenvalue weighted by molar-refractivity contribution is -0.137. The maximum Gasteiger partial charge on any atom is 0.417 e. The number of hydrogen-bond acceptors (Lipinski definition) is 3. The van der Waals surface area contributed by atoms with Gasteiger partial charge in [-0.2, -0.15) is 18.4 Å². The van der Waals surface area contributed by atoms with Crippen LogP contribution in [0.4, 0.5) is 13.2 Å². The van der Waals surface area contributed by atoms with E-state index in [0.29, 0.717) is 6.42 Å². The number of ketones is 1. The first kappa shape index (κ1) is 17.3. The molecule has 2 atom stereocenters. The lowest BCUT2D eigenvalue weighted by Gasteiger charge is -2.17. The SMILES string of the molecule is CCC(C)C(=S)C(C#N)C(=O)c1ccccc1C(F)(F)F. The predicted molar refractivity (Wildman–Crippen MR) is 76.9 cm³/mol. The molecule has 1 aromatic carbocycles. The summed E-state index contributed by atoms with van der Waals surface area (Å²) in [6.07, 6.45) is -4.03. The van der Waals surface area contributed by atoms with Crippen molar-refractivity contribution < 1.29 is 18.0 Å². The molecule has 1 aromatic rings. The van der Waals surface area contributed by atoms with Crippen LogP contribution in [0.3, 0.4) is 0 Å². The lowest BCUT2D eigenvalue weighted by Crippen LogP contribution is -2.27. The smallest absolute Gasteiger partial charge is 0.292 e. The Balaban J connectivity index is 3.25. The fourth-order valence-electron chi connectivity index (χ4n) is 1.84. The number of thiocarbonyl (C=S) groups is 1. The highest BCUT2D eigenvalue weighted by molar-refractivity contribution is 7.80. The number of rotatable bonds is 5. The molecule has 0 amide bonds. The van der Waals surface area contributed by atoms with Crippen molar-refractivity contribution in [3.05, 3.63) is 35.4 Å². The van der Waals surface area contributed by atoms with Gasteiger partial charge in [-0.05, 0) is 18.4 Å². The standard InChI is InChI=1S/C15H14F3NOS/c1-3-9(2)14(21)11(8-19)13(20)10-6-4-5-7-12(10)15(16,17)18/h4-7,9,11H,3H2,1-2H3. The Morgan fingerprint density at radius 1 is 1.38 bits per heavy atom. The van der Waals surface area contributed by atoms with Gasteiger partial charge >= 0.3 is 6.18 Å². The summed E-state index contributed by atoms with van der Waals surface area (Å²) < 4.78 is 38.8. The Kier molecular flexibility index (Phi) is 5.62. The lowest BCUT2D eigenvalue weighted by atomic mass is 9.87. The molecule has 0 saturated heterocycles. The van der Waals surface area contributed by atoms with Gasteiger partial charge in [-0.3, -0.25) is 4.79 Å². The second kappa shape index (κ2) is 6.81. The van der Waals surface area contributed by atoms with Crippen molar-refractivity contribution in [1.82, 2.24) is 0 Å². The monoisotopic (exact) mass is 313 g/mol. The average molecular weight is 313 g/mol. The summed E-state index contributed by atoms with van der Waals surface area (Å²) in [5.74, 6) is -2.42. The zero-order valence-electron chi connectivity index (χ0n) is 11.6. The Labute approximate surface area is 126 Å². The van der Waals surface area contributed by atoms with E-state index >= 15 is 0 Å². The molecule has 6 heteroatoms. The van der Waals surface area contributed by atoms with E-state index in [1.165, 1.54) is 12.1 Å². The molecule has 0 spiro atoms. The van der Waals surface area contributed by atoms with E-state index in [1.54, 1.807) is 13.0 Å². The van der Waals surface area contributed by atoms with Crippen molar-refractivity contribution in [3.63, 3.8) is 0 Å². The third-order valence-corrected chi connectivity index (χ3v) is 3.91.